The second-order valence-corrected chi connectivity index (χ2v) is 13.3. The molecule has 1 fully saturated rings. The SMILES string of the molecule is O=C(COc1ccc(Cl)cc1[C@H]1c2sc(=O)[nH]c2SC2C(=O)N(c3ccc(Br)cc3)C(=O)C21)Nc1ccccc1C(F)(F)F. The normalized spacial score (nSPS) is 19.5. The van der Waals surface area contributed by atoms with Crippen molar-refractivity contribution in [3.05, 3.63) is 102 Å². The number of ether oxygens (including phenoxy) is 1. The summed E-state index contributed by atoms with van der Waals surface area (Å²) in [6.07, 6.45) is -4.69. The van der Waals surface area contributed by atoms with E-state index in [0.717, 1.165) is 44.6 Å². The van der Waals surface area contributed by atoms with E-state index in [2.05, 4.69) is 26.2 Å². The van der Waals surface area contributed by atoms with Crippen LogP contribution in [0.1, 0.15) is 21.9 Å². The van der Waals surface area contributed by atoms with Crippen LogP contribution < -0.4 is 19.8 Å². The summed E-state index contributed by atoms with van der Waals surface area (Å²) in [5, 5.41) is 2.03. The van der Waals surface area contributed by atoms with Crippen LogP contribution in [0.5, 0.6) is 5.75 Å². The first-order valence-corrected chi connectivity index (χ1v) is 15.7. The standard InChI is InChI=1S/C29H18BrClF3N3O5S2/c30-13-5-8-15(9-6-13)37-26(39)22-21(23-25(36-28(41)44-23)43-24(22)27(37)40)16-11-14(31)7-10-19(16)42-12-20(38)35-18-4-2-1-3-17(18)29(32,33)34/h1-11,21-22,24H,12H2,(H,35,38)(H,36,41)/t21-,22?,24?/m1/s1. The average molecular weight is 725 g/mol. The maximum atomic E-state index is 14.0. The molecule has 3 atom stereocenters. The summed E-state index contributed by atoms with van der Waals surface area (Å²) in [5.74, 6) is -3.51. The van der Waals surface area contributed by atoms with Crippen LogP contribution in [0.15, 0.2) is 81.0 Å². The lowest BCUT2D eigenvalue weighted by Crippen LogP contribution is -2.32. The second-order valence-electron chi connectivity index (χ2n) is 9.80. The number of benzene rings is 3. The number of hydrogen-bond acceptors (Lipinski definition) is 7. The van der Waals surface area contributed by atoms with Crippen molar-refractivity contribution >= 4 is 79.7 Å². The highest BCUT2D eigenvalue weighted by Gasteiger charge is 2.57. The van der Waals surface area contributed by atoms with Crippen molar-refractivity contribution < 1.29 is 32.3 Å². The van der Waals surface area contributed by atoms with Crippen LogP contribution in [0.3, 0.4) is 0 Å². The maximum absolute atomic E-state index is 14.0. The van der Waals surface area contributed by atoms with Gasteiger partial charge in [0.1, 0.15) is 11.0 Å². The van der Waals surface area contributed by atoms with Crippen molar-refractivity contribution in [1.29, 1.82) is 0 Å². The van der Waals surface area contributed by atoms with Crippen LogP contribution >= 0.6 is 50.6 Å². The predicted molar refractivity (Wildman–Crippen MR) is 164 cm³/mol. The molecule has 0 spiro atoms. The van der Waals surface area contributed by atoms with Gasteiger partial charge in [-0.15, -0.1) is 0 Å². The molecule has 0 bridgehead atoms. The fourth-order valence-electron chi connectivity index (χ4n) is 5.26. The third kappa shape index (κ3) is 5.67. The van der Waals surface area contributed by atoms with Crippen molar-refractivity contribution in [2.24, 2.45) is 5.92 Å². The molecule has 0 aliphatic carbocycles. The van der Waals surface area contributed by atoms with Crippen molar-refractivity contribution in [3.63, 3.8) is 0 Å². The molecule has 3 aromatic carbocycles. The van der Waals surface area contributed by atoms with E-state index in [-0.39, 0.29) is 15.6 Å². The second kappa shape index (κ2) is 11.7. The van der Waals surface area contributed by atoms with Crippen LogP contribution in [0.4, 0.5) is 24.5 Å². The number of thioether (sulfide) groups is 1. The largest absolute Gasteiger partial charge is 0.483 e. The Hall–Kier alpha value is -3.59. The van der Waals surface area contributed by atoms with Crippen LogP contribution in [0, 0.1) is 5.92 Å². The number of H-pyrrole nitrogens is 1. The highest BCUT2D eigenvalue weighted by molar-refractivity contribution is 9.10. The number of carbonyl (C=O) groups excluding carboxylic acids is 3. The summed E-state index contributed by atoms with van der Waals surface area (Å²) < 4.78 is 46.8. The minimum Gasteiger partial charge on any atom is -0.483 e. The van der Waals surface area contributed by atoms with Gasteiger partial charge in [0, 0.05) is 25.9 Å². The maximum Gasteiger partial charge on any atom is 0.418 e. The molecule has 2 aliphatic heterocycles. The molecule has 6 rings (SSSR count). The Kier molecular flexibility index (Phi) is 8.11. The molecule has 1 aromatic heterocycles. The van der Waals surface area contributed by atoms with E-state index >= 15 is 0 Å². The van der Waals surface area contributed by atoms with Crippen LogP contribution in [0.25, 0.3) is 0 Å². The Morgan fingerprint density at radius 1 is 1.05 bits per heavy atom. The number of carbonyl (C=O) groups is 3. The molecule has 15 heteroatoms. The smallest absolute Gasteiger partial charge is 0.418 e. The Bertz CT molecular complexity index is 1860. The molecule has 0 saturated carbocycles. The zero-order valence-electron chi connectivity index (χ0n) is 22.0. The number of para-hydroxylation sites is 1. The zero-order valence-corrected chi connectivity index (χ0v) is 26.0. The summed E-state index contributed by atoms with van der Waals surface area (Å²) in [6.45, 7) is -0.676. The first-order chi connectivity index (χ1) is 20.9. The number of aromatic nitrogens is 1. The third-order valence-corrected chi connectivity index (χ3v) is 10.2. The van der Waals surface area contributed by atoms with Gasteiger partial charge in [-0.05, 0) is 54.6 Å². The molecular formula is C29H18BrClF3N3O5S2. The van der Waals surface area contributed by atoms with Crippen LogP contribution in [-0.2, 0) is 20.6 Å². The number of imide groups is 1. The van der Waals surface area contributed by atoms with Crippen molar-refractivity contribution in [3.8, 4) is 5.75 Å². The van der Waals surface area contributed by atoms with Gasteiger partial charge in [0.15, 0.2) is 6.61 Å². The monoisotopic (exact) mass is 723 g/mol. The molecule has 3 heterocycles. The molecule has 2 aliphatic rings. The average Bonchev–Trinajstić information content (AvgIpc) is 3.46. The molecular weight excluding hydrogens is 707 g/mol. The van der Waals surface area contributed by atoms with E-state index in [1.165, 1.54) is 30.3 Å². The van der Waals surface area contributed by atoms with Gasteiger partial charge in [-0.3, -0.25) is 19.2 Å². The van der Waals surface area contributed by atoms with Crippen molar-refractivity contribution in [2.45, 2.75) is 22.4 Å². The number of hydrogen-bond donors (Lipinski definition) is 2. The summed E-state index contributed by atoms with van der Waals surface area (Å²) in [4.78, 5) is 56.8. The number of fused-ring (bicyclic) bond motifs is 2. The molecule has 226 valence electrons. The van der Waals surface area contributed by atoms with E-state index in [0.29, 0.717) is 21.2 Å². The van der Waals surface area contributed by atoms with Gasteiger partial charge in [-0.2, -0.15) is 13.2 Å². The molecule has 2 unspecified atom stereocenters. The topological polar surface area (TPSA) is 109 Å². The van der Waals surface area contributed by atoms with E-state index in [1.807, 2.05) is 0 Å². The lowest BCUT2D eigenvalue weighted by Gasteiger charge is -2.31. The Morgan fingerprint density at radius 2 is 1.77 bits per heavy atom. The predicted octanol–water partition coefficient (Wildman–Crippen LogP) is 6.68. The minimum absolute atomic E-state index is 0.110. The van der Waals surface area contributed by atoms with E-state index < -0.39 is 58.8 Å². The van der Waals surface area contributed by atoms with Gasteiger partial charge in [-0.1, -0.05) is 62.8 Å². The van der Waals surface area contributed by atoms with Gasteiger partial charge in [0.25, 0.3) is 5.91 Å². The number of halogens is 5. The molecule has 2 N–H and O–H groups in total. The van der Waals surface area contributed by atoms with E-state index in [1.54, 1.807) is 24.3 Å². The Balaban J connectivity index is 1.34. The summed E-state index contributed by atoms with van der Waals surface area (Å²) in [5.41, 5.74) is -0.721. The number of nitrogens with zero attached hydrogens (tertiary/aromatic N) is 1. The van der Waals surface area contributed by atoms with Crippen LogP contribution in [-0.4, -0.2) is 34.6 Å². The lowest BCUT2D eigenvalue weighted by atomic mass is 9.82. The number of rotatable bonds is 6. The van der Waals surface area contributed by atoms with Gasteiger partial charge >= 0.3 is 11.0 Å². The molecule has 8 nitrogen and oxygen atoms in total. The number of nitrogens with one attached hydrogen (secondary N) is 2. The molecule has 3 amide bonds. The highest BCUT2D eigenvalue weighted by atomic mass is 79.9. The summed E-state index contributed by atoms with van der Waals surface area (Å²) in [6, 6.07) is 15.7. The fourth-order valence-corrected chi connectivity index (χ4v) is 8.21. The van der Waals surface area contributed by atoms with Gasteiger partial charge in [0.2, 0.25) is 11.8 Å². The van der Waals surface area contributed by atoms with Crippen molar-refractivity contribution in [1.82, 2.24) is 4.98 Å². The quantitative estimate of drug-likeness (QED) is 0.215. The molecule has 44 heavy (non-hydrogen) atoms. The van der Waals surface area contributed by atoms with E-state index in [9.17, 15) is 32.3 Å². The van der Waals surface area contributed by atoms with Crippen LogP contribution in [0.2, 0.25) is 5.02 Å². The van der Waals surface area contributed by atoms with Gasteiger partial charge < -0.3 is 15.0 Å². The number of thiazole rings is 1. The van der Waals surface area contributed by atoms with E-state index in [4.69, 9.17) is 16.3 Å². The zero-order chi connectivity index (χ0) is 31.3. The Labute approximate surface area is 268 Å². The molecule has 4 aromatic rings. The fraction of sp³-hybridized carbons (Fsp3) is 0.172. The first kappa shape index (κ1) is 30.4. The molecule has 0 radical (unpaired) electrons. The minimum atomic E-state index is -4.69. The highest BCUT2D eigenvalue weighted by Crippen LogP contribution is 2.54. The van der Waals surface area contributed by atoms with Gasteiger partial charge in [0.05, 0.1) is 27.9 Å². The number of aromatic amines is 1. The van der Waals surface area contributed by atoms with Gasteiger partial charge in [-0.25, -0.2) is 4.90 Å². The molecule has 1 saturated heterocycles. The first-order valence-electron chi connectivity index (χ1n) is 12.8. The number of alkyl halides is 3. The summed E-state index contributed by atoms with van der Waals surface area (Å²) >= 11 is 11.7. The lowest BCUT2D eigenvalue weighted by molar-refractivity contribution is -0.137. The Morgan fingerprint density at radius 3 is 2.50 bits per heavy atom. The summed E-state index contributed by atoms with van der Waals surface area (Å²) in [7, 11) is 0. The van der Waals surface area contributed by atoms with Crippen molar-refractivity contribution in [2.75, 3.05) is 16.8 Å². The number of anilines is 2. The number of amides is 3. The third-order valence-electron chi connectivity index (χ3n) is 7.08.